The molecule has 148 valence electrons. The highest BCUT2D eigenvalue weighted by Gasteiger charge is 2.09. The number of aromatic nitrogens is 1. The Labute approximate surface area is 161 Å². The zero-order chi connectivity index (χ0) is 19.9. The van der Waals surface area contributed by atoms with Crippen LogP contribution in [0.25, 0.3) is 10.9 Å². The molecule has 2 aromatic carbocycles. The number of rotatable bonds is 9. The van der Waals surface area contributed by atoms with Gasteiger partial charge in [0.1, 0.15) is 23.9 Å². The summed E-state index contributed by atoms with van der Waals surface area (Å²) in [6, 6.07) is 12.7. The monoisotopic (exact) mass is 390 g/mol. The van der Waals surface area contributed by atoms with Crippen LogP contribution in [0.5, 0.6) is 17.2 Å². The molecule has 0 aliphatic rings. The summed E-state index contributed by atoms with van der Waals surface area (Å²) >= 11 is 0. The van der Waals surface area contributed by atoms with Crippen LogP contribution >= 0.6 is 0 Å². The van der Waals surface area contributed by atoms with Gasteiger partial charge in [0.25, 0.3) is 0 Å². The van der Waals surface area contributed by atoms with Crippen molar-refractivity contribution in [2.75, 3.05) is 32.8 Å². The molecule has 0 fully saturated rings. The van der Waals surface area contributed by atoms with Crippen molar-refractivity contribution >= 4 is 22.3 Å². The van der Waals surface area contributed by atoms with Crippen LogP contribution in [0.15, 0.2) is 48.7 Å². The van der Waals surface area contributed by atoms with Gasteiger partial charge in [-0.05, 0) is 30.3 Å². The summed E-state index contributed by atoms with van der Waals surface area (Å²) in [5.74, 6) is 1.77. The zero-order valence-electron chi connectivity index (χ0n) is 15.4. The second-order valence-corrected chi connectivity index (χ2v) is 5.71. The SMILES string of the molecule is COc1ccc2c(Nc3ccc(OCCOC(F)F)cc3OC)ccnc2c1. The minimum atomic E-state index is -2.81. The molecule has 0 aliphatic heterocycles. The smallest absolute Gasteiger partial charge is 0.345 e. The van der Waals surface area contributed by atoms with Gasteiger partial charge >= 0.3 is 6.61 Å². The maximum atomic E-state index is 12.0. The topological polar surface area (TPSA) is 61.8 Å². The maximum absolute atomic E-state index is 12.0. The lowest BCUT2D eigenvalue weighted by Crippen LogP contribution is -2.09. The number of alkyl halides is 2. The quantitative estimate of drug-likeness (QED) is 0.538. The van der Waals surface area contributed by atoms with E-state index in [2.05, 4.69) is 15.0 Å². The second-order valence-electron chi connectivity index (χ2n) is 5.71. The number of ether oxygens (including phenoxy) is 4. The third-order valence-corrected chi connectivity index (χ3v) is 3.99. The summed E-state index contributed by atoms with van der Waals surface area (Å²) < 4.78 is 44.2. The lowest BCUT2D eigenvalue weighted by molar-refractivity contribution is -0.133. The normalized spacial score (nSPS) is 10.9. The Balaban J connectivity index is 1.78. The second kappa shape index (κ2) is 9.18. The lowest BCUT2D eigenvalue weighted by atomic mass is 10.1. The number of pyridine rings is 1. The van der Waals surface area contributed by atoms with Crippen molar-refractivity contribution in [3.63, 3.8) is 0 Å². The van der Waals surface area contributed by atoms with Crippen LogP contribution in [0, 0.1) is 0 Å². The molecule has 0 saturated carbocycles. The third-order valence-electron chi connectivity index (χ3n) is 3.99. The number of hydrogen-bond acceptors (Lipinski definition) is 6. The van der Waals surface area contributed by atoms with Crippen molar-refractivity contribution < 1.29 is 27.7 Å². The minimum absolute atomic E-state index is 0.0110. The van der Waals surface area contributed by atoms with Crippen molar-refractivity contribution in [3.8, 4) is 17.2 Å². The van der Waals surface area contributed by atoms with Gasteiger partial charge < -0.3 is 24.3 Å². The van der Waals surface area contributed by atoms with E-state index in [1.807, 2.05) is 24.3 Å². The molecule has 0 amide bonds. The molecular weight excluding hydrogens is 370 g/mol. The molecule has 1 heterocycles. The van der Waals surface area contributed by atoms with E-state index in [-0.39, 0.29) is 13.2 Å². The van der Waals surface area contributed by atoms with E-state index >= 15 is 0 Å². The van der Waals surface area contributed by atoms with E-state index in [1.54, 1.807) is 38.6 Å². The van der Waals surface area contributed by atoms with Gasteiger partial charge in [0, 0.05) is 29.4 Å². The molecule has 0 unspecified atom stereocenters. The molecule has 0 radical (unpaired) electrons. The fourth-order valence-corrected chi connectivity index (χ4v) is 2.67. The molecule has 8 heteroatoms. The maximum Gasteiger partial charge on any atom is 0.345 e. The fraction of sp³-hybridized carbons (Fsp3) is 0.250. The minimum Gasteiger partial charge on any atom is -0.497 e. The van der Waals surface area contributed by atoms with E-state index in [0.29, 0.717) is 11.5 Å². The molecule has 0 atom stereocenters. The lowest BCUT2D eigenvalue weighted by Gasteiger charge is -2.15. The van der Waals surface area contributed by atoms with Crippen LogP contribution in [0.4, 0.5) is 20.2 Å². The van der Waals surface area contributed by atoms with Crippen LogP contribution in [-0.4, -0.2) is 39.0 Å². The molecule has 1 N–H and O–H groups in total. The van der Waals surface area contributed by atoms with Crippen molar-refractivity contribution in [3.05, 3.63) is 48.7 Å². The fourth-order valence-electron chi connectivity index (χ4n) is 2.67. The van der Waals surface area contributed by atoms with Crippen LogP contribution < -0.4 is 19.5 Å². The Bertz CT molecular complexity index is 937. The molecule has 0 bridgehead atoms. The van der Waals surface area contributed by atoms with Gasteiger partial charge in [-0.25, -0.2) is 0 Å². The zero-order valence-corrected chi connectivity index (χ0v) is 15.4. The average molecular weight is 390 g/mol. The summed E-state index contributed by atoms with van der Waals surface area (Å²) in [5, 5.41) is 4.25. The van der Waals surface area contributed by atoms with E-state index in [9.17, 15) is 8.78 Å². The van der Waals surface area contributed by atoms with Crippen molar-refractivity contribution in [2.45, 2.75) is 6.61 Å². The van der Waals surface area contributed by atoms with Gasteiger partial charge in [-0.3, -0.25) is 4.98 Å². The first-order valence-electron chi connectivity index (χ1n) is 8.51. The van der Waals surface area contributed by atoms with E-state index in [4.69, 9.17) is 14.2 Å². The highest BCUT2D eigenvalue weighted by Crippen LogP contribution is 2.34. The Morgan fingerprint density at radius 3 is 2.50 bits per heavy atom. The van der Waals surface area contributed by atoms with E-state index in [1.165, 1.54) is 0 Å². The summed E-state index contributed by atoms with van der Waals surface area (Å²) in [6.07, 6.45) is 1.71. The molecular formula is C20H20F2N2O4. The number of nitrogens with zero attached hydrogens (tertiary/aromatic N) is 1. The average Bonchev–Trinajstić information content (AvgIpc) is 2.71. The predicted octanol–water partition coefficient (Wildman–Crippen LogP) is 4.61. The van der Waals surface area contributed by atoms with E-state index < -0.39 is 6.61 Å². The molecule has 1 aromatic heterocycles. The molecule has 3 rings (SSSR count). The Morgan fingerprint density at radius 1 is 0.929 bits per heavy atom. The van der Waals surface area contributed by atoms with Gasteiger partial charge in [0.2, 0.25) is 0 Å². The predicted molar refractivity (Wildman–Crippen MR) is 102 cm³/mol. The van der Waals surface area contributed by atoms with Crippen LogP contribution in [0.1, 0.15) is 0 Å². The van der Waals surface area contributed by atoms with Crippen LogP contribution in [0.3, 0.4) is 0 Å². The number of fused-ring (bicyclic) bond motifs is 1. The summed E-state index contributed by atoms with van der Waals surface area (Å²) in [4.78, 5) is 4.37. The number of benzene rings is 2. The van der Waals surface area contributed by atoms with Crippen molar-refractivity contribution in [2.24, 2.45) is 0 Å². The number of nitrogens with one attached hydrogen (secondary N) is 1. The third kappa shape index (κ3) is 4.77. The number of hydrogen-bond donors (Lipinski definition) is 1. The molecule has 3 aromatic rings. The first kappa shape index (κ1) is 19.6. The van der Waals surface area contributed by atoms with Gasteiger partial charge in [0.15, 0.2) is 0 Å². The Hall–Kier alpha value is -3.13. The standard InChI is InChI=1S/C20H20F2N2O4/c1-25-13-3-5-15-16(7-8-23-18(15)11-13)24-17-6-4-14(12-19(17)26-2)27-9-10-28-20(21)22/h3-8,11-12,20H,9-10H2,1-2H3,(H,23,24). The van der Waals surface area contributed by atoms with Gasteiger partial charge in [0.05, 0.1) is 32.0 Å². The summed E-state index contributed by atoms with van der Waals surface area (Å²) in [6.45, 7) is -3.00. The summed E-state index contributed by atoms with van der Waals surface area (Å²) in [5.41, 5.74) is 2.37. The van der Waals surface area contributed by atoms with Crippen LogP contribution in [-0.2, 0) is 4.74 Å². The first-order valence-corrected chi connectivity index (χ1v) is 8.51. The van der Waals surface area contributed by atoms with Gasteiger partial charge in [-0.2, -0.15) is 8.78 Å². The van der Waals surface area contributed by atoms with Crippen molar-refractivity contribution in [1.29, 1.82) is 0 Å². The Morgan fingerprint density at radius 2 is 1.75 bits per heavy atom. The summed E-state index contributed by atoms with van der Waals surface area (Å²) in [7, 11) is 3.15. The highest BCUT2D eigenvalue weighted by atomic mass is 19.3. The molecule has 6 nitrogen and oxygen atoms in total. The highest BCUT2D eigenvalue weighted by molar-refractivity contribution is 5.94. The number of halogens is 2. The van der Waals surface area contributed by atoms with Crippen molar-refractivity contribution in [1.82, 2.24) is 4.98 Å². The number of anilines is 2. The molecule has 0 spiro atoms. The molecule has 0 saturated heterocycles. The molecule has 28 heavy (non-hydrogen) atoms. The molecule has 0 aliphatic carbocycles. The first-order chi connectivity index (χ1) is 13.6. The van der Waals surface area contributed by atoms with Gasteiger partial charge in [-0.15, -0.1) is 0 Å². The van der Waals surface area contributed by atoms with E-state index in [0.717, 1.165) is 28.0 Å². The van der Waals surface area contributed by atoms with Crippen LogP contribution in [0.2, 0.25) is 0 Å². The van der Waals surface area contributed by atoms with Gasteiger partial charge in [-0.1, -0.05) is 0 Å². The largest absolute Gasteiger partial charge is 0.497 e. The Kier molecular flexibility index (Phi) is 6.44. The number of methoxy groups -OCH3 is 2.